The minimum Gasteiger partial charge on any atom is -0.393 e. The van der Waals surface area contributed by atoms with Crippen molar-refractivity contribution in [2.75, 3.05) is 6.54 Å². The highest BCUT2D eigenvalue weighted by atomic mass is 32.2. The molecule has 6 heteroatoms. The molecule has 1 aromatic rings. The lowest BCUT2D eigenvalue weighted by Gasteiger charge is -2.64. The molecule has 214 valence electrons. The van der Waals surface area contributed by atoms with E-state index in [0.29, 0.717) is 52.9 Å². The van der Waals surface area contributed by atoms with Crippen molar-refractivity contribution in [3.63, 3.8) is 0 Å². The number of nitrogens with one attached hydrogen (secondary N) is 1. The Balaban J connectivity index is 1.25. The molecule has 0 aromatic heterocycles. The Morgan fingerprint density at radius 2 is 1.66 bits per heavy atom. The van der Waals surface area contributed by atoms with Crippen LogP contribution in [-0.2, 0) is 10.0 Å². The number of benzene rings is 1. The Kier molecular flexibility index (Phi) is 8.12. The van der Waals surface area contributed by atoms with Gasteiger partial charge in [-0.05, 0) is 122 Å². The van der Waals surface area contributed by atoms with Crippen molar-refractivity contribution in [2.45, 2.75) is 109 Å². The van der Waals surface area contributed by atoms with Gasteiger partial charge in [-0.3, -0.25) is 0 Å². The standard InChI is InChI=1S/C32H51NO4S/c1-5-24-28-20-22(34)15-17-32(28,4)27-16-18-31(3)25(13-14-26(31)29(27)30(24)35)21(2)10-9-19-33-38(36,37)23-11-7-6-8-12-23/h6-8,11-12,21-22,24-30,33-35H,5,9-10,13-20H2,1-4H3/t21-,22-,24-,25?,26+,27+,28?,29?,30-,31?,32+/m1/s1. The Morgan fingerprint density at radius 1 is 0.974 bits per heavy atom. The number of rotatable bonds is 8. The van der Waals surface area contributed by atoms with Gasteiger partial charge in [-0.25, -0.2) is 13.1 Å². The Labute approximate surface area is 231 Å². The molecule has 4 saturated carbocycles. The van der Waals surface area contributed by atoms with Gasteiger partial charge in [0.05, 0.1) is 17.1 Å². The van der Waals surface area contributed by atoms with Gasteiger partial charge in [0.15, 0.2) is 0 Å². The lowest BCUT2D eigenvalue weighted by atomic mass is 9.41. The van der Waals surface area contributed by atoms with Crippen molar-refractivity contribution in [1.29, 1.82) is 0 Å². The first kappa shape index (κ1) is 28.6. The first-order chi connectivity index (χ1) is 18.0. The number of fused-ring (bicyclic) bond motifs is 5. The smallest absolute Gasteiger partial charge is 0.240 e. The van der Waals surface area contributed by atoms with Crippen LogP contribution in [0.25, 0.3) is 0 Å². The van der Waals surface area contributed by atoms with E-state index in [2.05, 4.69) is 32.4 Å². The second kappa shape index (κ2) is 10.8. The summed E-state index contributed by atoms with van der Waals surface area (Å²) < 4.78 is 28.0. The third-order valence-corrected chi connectivity index (χ3v) is 13.8. The minimum atomic E-state index is -3.45. The fraction of sp³-hybridized carbons (Fsp3) is 0.812. The number of sulfonamides is 1. The highest BCUT2D eigenvalue weighted by molar-refractivity contribution is 7.89. The predicted octanol–water partition coefficient (Wildman–Crippen LogP) is 6.01. The maximum absolute atomic E-state index is 12.6. The average molecular weight is 546 g/mol. The summed E-state index contributed by atoms with van der Waals surface area (Å²) in [5, 5.41) is 22.4. The van der Waals surface area contributed by atoms with Gasteiger partial charge in [0.25, 0.3) is 0 Å². The van der Waals surface area contributed by atoms with Gasteiger partial charge in [0, 0.05) is 6.54 Å². The van der Waals surface area contributed by atoms with Crippen LogP contribution in [0.3, 0.4) is 0 Å². The molecule has 0 saturated heterocycles. The van der Waals surface area contributed by atoms with Crippen molar-refractivity contribution in [2.24, 2.45) is 52.3 Å². The van der Waals surface area contributed by atoms with E-state index in [9.17, 15) is 18.6 Å². The Hall–Kier alpha value is -0.950. The quantitative estimate of drug-likeness (QED) is 0.349. The molecule has 0 amide bonds. The summed E-state index contributed by atoms with van der Waals surface area (Å²) in [6.45, 7) is 10.1. The van der Waals surface area contributed by atoms with Crippen LogP contribution < -0.4 is 4.72 Å². The average Bonchev–Trinajstić information content (AvgIpc) is 3.25. The molecule has 38 heavy (non-hydrogen) atoms. The Bertz CT molecular complexity index is 1060. The van der Waals surface area contributed by atoms with E-state index >= 15 is 0 Å². The monoisotopic (exact) mass is 545 g/mol. The number of hydrogen-bond acceptors (Lipinski definition) is 4. The first-order valence-electron chi connectivity index (χ1n) is 15.4. The van der Waals surface area contributed by atoms with Gasteiger partial charge in [0.1, 0.15) is 0 Å². The summed E-state index contributed by atoms with van der Waals surface area (Å²) in [5.74, 6) is 3.42. The van der Waals surface area contributed by atoms with Crippen LogP contribution >= 0.6 is 0 Å². The second-order valence-corrected chi connectivity index (χ2v) is 15.7. The van der Waals surface area contributed by atoms with E-state index in [1.54, 1.807) is 24.3 Å². The molecule has 0 heterocycles. The fourth-order valence-electron chi connectivity index (χ4n) is 10.4. The third-order valence-electron chi connectivity index (χ3n) is 12.3. The van der Waals surface area contributed by atoms with Crippen molar-refractivity contribution >= 4 is 10.0 Å². The maximum atomic E-state index is 12.6. The molecule has 0 aliphatic heterocycles. The van der Waals surface area contributed by atoms with Gasteiger partial charge < -0.3 is 10.2 Å². The van der Waals surface area contributed by atoms with E-state index in [-0.39, 0.29) is 23.0 Å². The molecule has 5 rings (SSSR count). The summed E-state index contributed by atoms with van der Waals surface area (Å²) in [4.78, 5) is 0.329. The SMILES string of the molecule is CC[C@@H]1C2C[C@H](O)CC[C@@]2(C)[C@H]2CCC3(C)C([C@H](C)CCCNS(=O)(=O)c4ccccc4)CC[C@H]3C2[C@@H]1O. The highest BCUT2D eigenvalue weighted by Gasteiger charge is 2.64. The zero-order valence-corrected chi connectivity index (χ0v) is 24.8. The molecule has 4 aliphatic rings. The Morgan fingerprint density at radius 3 is 2.37 bits per heavy atom. The molecule has 0 bridgehead atoms. The van der Waals surface area contributed by atoms with Crippen LogP contribution in [0.2, 0.25) is 0 Å². The van der Waals surface area contributed by atoms with Crippen molar-refractivity contribution in [3.8, 4) is 0 Å². The molecule has 1 aromatic carbocycles. The normalized spacial score (nSPS) is 43.6. The molecule has 5 nitrogen and oxygen atoms in total. The van der Waals surface area contributed by atoms with E-state index in [4.69, 9.17) is 0 Å². The van der Waals surface area contributed by atoms with Gasteiger partial charge in [-0.15, -0.1) is 0 Å². The van der Waals surface area contributed by atoms with Crippen molar-refractivity contribution in [1.82, 2.24) is 4.72 Å². The van der Waals surface area contributed by atoms with Crippen LogP contribution in [0, 0.1) is 52.3 Å². The number of aliphatic hydroxyl groups is 2. The summed E-state index contributed by atoms with van der Waals surface area (Å²) in [6.07, 6.45) is 10.2. The third kappa shape index (κ3) is 4.80. The summed E-state index contributed by atoms with van der Waals surface area (Å²) in [5.41, 5.74) is 0.492. The molecule has 0 spiro atoms. The summed E-state index contributed by atoms with van der Waals surface area (Å²) in [7, 11) is -3.45. The van der Waals surface area contributed by atoms with Crippen LogP contribution in [0.4, 0.5) is 0 Å². The van der Waals surface area contributed by atoms with Gasteiger partial charge in [-0.1, -0.05) is 52.3 Å². The van der Waals surface area contributed by atoms with Crippen LogP contribution in [0.15, 0.2) is 35.2 Å². The van der Waals surface area contributed by atoms with Crippen molar-refractivity contribution < 1.29 is 18.6 Å². The molecule has 4 aliphatic carbocycles. The maximum Gasteiger partial charge on any atom is 0.240 e. The molecular formula is C32H51NO4S. The predicted molar refractivity (Wildman–Crippen MR) is 152 cm³/mol. The van der Waals surface area contributed by atoms with Crippen molar-refractivity contribution in [3.05, 3.63) is 30.3 Å². The first-order valence-corrected chi connectivity index (χ1v) is 16.9. The van der Waals surface area contributed by atoms with Crippen LogP contribution in [0.1, 0.15) is 91.9 Å². The van der Waals surface area contributed by atoms with E-state index < -0.39 is 10.0 Å². The summed E-state index contributed by atoms with van der Waals surface area (Å²) in [6, 6.07) is 8.62. The lowest BCUT2D eigenvalue weighted by Crippen LogP contribution is -2.62. The molecular weight excluding hydrogens is 494 g/mol. The number of aliphatic hydroxyl groups excluding tert-OH is 2. The van der Waals surface area contributed by atoms with Gasteiger partial charge >= 0.3 is 0 Å². The molecule has 11 atom stereocenters. The van der Waals surface area contributed by atoms with Crippen LogP contribution in [-0.4, -0.2) is 37.4 Å². The second-order valence-electron chi connectivity index (χ2n) is 14.0. The molecule has 0 radical (unpaired) electrons. The summed E-state index contributed by atoms with van der Waals surface area (Å²) >= 11 is 0. The zero-order chi connectivity index (χ0) is 27.3. The highest BCUT2D eigenvalue weighted by Crippen LogP contribution is 2.69. The lowest BCUT2D eigenvalue weighted by molar-refractivity contribution is -0.203. The van der Waals surface area contributed by atoms with E-state index in [1.165, 1.54) is 25.7 Å². The van der Waals surface area contributed by atoms with E-state index in [1.807, 2.05) is 6.07 Å². The van der Waals surface area contributed by atoms with Gasteiger partial charge in [0.2, 0.25) is 10.0 Å². The number of hydrogen-bond donors (Lipinski definition) is 3. The van der Waals surface area contributed by atoms with E-state index in [0.717, 1.165) is 38.5 Å². The largest absolute Gasteiger partial charge is 0.393 e. The molecule has 4 fully saturated rings. The minimum absolute atomic E-state index is 0.200. The molecule has 4 unspecified atom stereocenters. The van der Waals surface area contributed by atoms with Crippen LogP contribution in [0.5, 0.6) is 0 Å². The topological polar surface area (TPSA) is 86.6 Å². The zero-order valence-electron chi connectivity index (χ0n) is 24.0. The molecule has 3 N–H and O–H groups in total. The van der Waals surface area contributed by atoms with Gasteiger partial charge in [-0.2, -0.15) is 0 Å². The fourth-order valence-corrected chi connectivity index (χ4v) is 11.5.